The van der Waals surface area contributed by atoms with Crippen LogP contribution < -0.4 is 0 Å². The summed E-state index contributed by atoms with van der Waals surface area (Å²) >= 11 is 0. The quantitative estimate of drug-likeness (QED) is 0.866. The van der Waals surface area contributed by atoms with Crippen molar-refractivity contribution in [2.24, 2.45) is 0 Å². The minimum absolute atomic E-state index is 0.0743. The highest BCUT2D eigenvalue weighted by molar-refractivity contribution is 7.90. The maximum absolute atomic E-state index is 12.9. The normalized spacial score (nSPS) is 17.1. The van der Waals surface area contributed by atoms with Gasteiger partial charge in [-0.2, -0.15) is 4.31 Å². The van der Waals surface area contributed by atoms with Gasteiger partial charge in [-0.1, -0.05) is 12.1 Å². The van der Waals surface area contributed by atoms with Gasteiger partial charge in [0.25, 0.3) is 0 Å². The van der Waals surface area contributed by atoms with Crippen LogP contribution in [-0.4, -0.2) is 35.1 Å². The van der Waals surface area contributed by atoms with Gasteiger partial charge in [0.05, 0.1) is 0 Å². The van der Waals surface area contributed by atoms with Crippen molar-refractivity contribution in [2.75, 3.05) is 0 Å². The van der Waals surface area contributed by atoms with E-state index in [0.717, 1.165) is 19.8 Å². The number of halogens is 1. The summed E-state index contributed by atoms with van der Waals surface area (Å²) in [6, 6.07) is 5.38. The zero-order chi connectivity index (χ0) is 14.9. The Hall–Kier alpha value is -1.47. The Morgan fingerprint density at radius 1 is 1.40 bits per heavy atom. The van der Waals surface area contributed by atoms with Crippen molar-refractivity contribution in [3.8, 4) is 0 Å². The summed E-state index contributed by atoms with van der Waals surface area (Å²) in [4.78, 5) is 10.9. The first-order valence-corrected chi connectivity index (χ1v) is 7.80. The summed E-state index contributed by atoms with van der Waals surface area (Å²) in [6.45, 7) is 1.24. The summed E-state index contributed by atoms with van der Waals surface area (Å²) < 4.78 is 38.7. The molecule has 1 saturated carbocycles. The number of carboxylic acids is 1. The van der Waals surface area contributed by atoms with Crippen LogP contribution >= 0.6 is 0 Å². The van der Waals surface area contributed by atoms with Crippen LogP contribution in [0.4, 0.5) is 4.39 Å². The Labute approximate surface area is 117 Å². The highest BCUT2D eigenvalue weighted by Gasteiger charge is 2.42. The Morgan fingerprint density at radius 3 is 2.40 bits per heavy atom. The topological polar surface area (TPSA) is 74.7 Å². The first kappa shape index (κ1) is 14.9. The number of hydrogen-bond acceptors (Lipinski definition) is 3. The lowest BCUT2D eigenvalue weighted by Crippen LogP contribution is -2.42. The van der Waals surface area contributed by atoms with E-state index in [2.05, 4.69) is 0 Å². The number of hydrogen-bond donors (Lipinski definition) is 1. The molecular formula is C13H16FNO4S. The van der Waals surface area contributed by atoms with E-state index in [0.29, 0.717) is 5.56 Å². The molecule has 0 radical (unpaired) electrons. The second-order valence-electron chi connectivity index (χ2n) is 4.93. The van der Waals surface area contributed by atoms with Crippen LogP contribution in [0.15, 0.2) is 24.3 Å². The van der Waals surface area contributed by atoms with Gasteiger partial charge in [0, 0.05) is 12.6 Å². The molecule has 110 valence electrons. The number of nitrogens with zero attached hydrogens (tertiary/aromatic N) is 1. The minimum Gasteiger partial charge on any atom is -0.480 e. The molecule has 0 spiro atoms. The first-order valence-electron chi connectivity index (χ1n) is 6.30. The molecule has 0 saturated heterocycles. The molecule has 0 heterocycles. The lowest BCUT2D eigenvalue weighted by atomic mass is 10.2. The van der Waals surface area contributed by atoms with Gasteiger partial charge in [-0.15, -0.1) is 0 Å². The largest absolute Gasteiger partial charge is 0.480 e. The van der Waals surface area contributed by atoms with Crippen LogP contribution in [0.2, 0.25) is 0 Å². The molecule has 20 heavy (non-hydrogen) atoms. The number of aliphatic carboxylic acids is 1. The Bertz CT molecular complexity index is 595. The first-order chi connectivity index (χ1) is 9.32. The number of carboxylic acid groups (broad SMARTS) is 1. The molecule has 7 heteroatoms. The molecular weight excluding hydrogens is 285 g/mol. The maximum Gasteiger partial charge on any atom is 0.323 e. The predicted octanol–water partition coefficient (Wildman–Crippen LogP) is 1.59. The Balaban J connectivity index is 2.23. The third-order valence-corrected chi connectivity index (χ3v) is 5.50. The summed E-state index contributed by atoms with van der Waals surface area (Å²) in [5, 5.41) is 7.43. The second kappa shape index (κ2) is 5.49. The average molecular weight is 301 g/mol. The molecule has 1 N–H and O–H groups in total. The molecule has 0 bridgehead atoms. The van der Waals surface area contributed by atoms with E-state index in [1.54, 1.807) is 0 Å². The molecule has 1 atom stereocenters. The van der Waals surface area contributed by atoms with Gasteiger partial charge in [0.1, 0.15) is 5.82 Å². The van der Waals surface area contributed by atoms with Crippen LogP contribution in [0.1, 0.15) is 25.3 Å². The zero-order valence-electron chi connectivity index (χ0n) is 11.0. The van der Waals surface area contributed by atoms with Crippen molar-refractivity contribution in [2.45, 2.75) is 37.6 Å². The van der Waals surface area contributed by atoms with E-state index in [4.69, 9.17) is 5.11 Å². The number of rotatable bonds is 6. The fourth-order valence-corrected chi connectivity index (χ4v) is 3.51. The molecule has 1 aliphatic rings. The van der Waals surface area contributed by atoms with Crippen LogP contribution in [0, 0.1) is 5.82 Å². The van der Waals surface area contributed by atoms with Gasteiger partial charge in [-0.05, 0) is 37.5 Å². The minimum atomic E-state index is -3.91. The second-order valence-corrected chi connectivity index (χ2v) is 7.13. The molecule has 1 fully saturated rings. The van der Waals surface area contributed by atoms with Crippen molar-refractivity contribution >= 4 is 16.0 Å². The fraction of sp³-hybridized carbons (Fsp3) is 0.462. The lowest BCUT2D eigenvalue weighted by Gasteiger charge is -2.24. The van der Waals surface area contributed by atoms with Crippen LogP contribution in [-0.2, 0) is 21.4 Å². The predicted molar refractivity (Wildman–Crippen MR) is 71.0 cm³/mol. The van der Waals surface area contributed by atoms with Crippen molar-refractivity contribution < 1.29 is 22.7 Å². The Kier molecular flexibility index (Phi) is 4.10. The highest BCUT2D eigenvalue weighted by atomic mass is 32.2. The van der Waals surface area contributed by atoms with E-state index < -0.39 is 27.1 Å². The highest BCUT2D eigenvalue weighted by Crippen LogP contribution is 2.32. The fourth-order valence-electron chi connectivity index (χ4n) is 1.89. The standard InChI is InChI=1S/C13H16FNO4S/c1-9(13(16)17)20(18,19)15(12-6-7-12)8-10-2-4-11(14)5-3-10/h2-5,9,12H,6-8H2,1H3,(H,16,17). The van der Waals surface area contributed by atoms with Crippen molar-refractivity contribution in [3.63, 3.8) is 0 Å². The van der Waals surface area contributed by atoms with Gasteiger partial charge in [-0.3, -0.25) is 4.79 Å². The SMILES string of the molecule is CC(C(=O)O)S(=O)(=O)N(Cc1ccc(F)cc1)C1CC1. The van der Waals surface area contributed by atoms with Crippen LogP contribution in [0.25, 0.3) is 0 Å². The monoisotopic (exact) mass is 301 g/mol. The molecule has 0 aromatic heterocycles. The van der Waals surface area contributed by atoms with E-state index >= 15 is 0 Å². The molecule has 1 unspecified atom stereocenters. The van der Waals surface area contributed by atoms with Crippen molar-refractivity contribution in [3.05, 3.63) is 35.6 Å². The summed E-state index contributed by atoms with van der Waals surface area (Å²) in [5.74, 6) is -1.76. The van der Waals surface area contributed by atoms with Crippen molar-refractivity contribution in [1.29, 1.82) is 0 Å². The molecule has 1 aliphatic carbocycles. The van der Waals surface area contributed by atoms with E-state index in [9.17, 15) is 17.6 Å². The van der Waals surface area contributed by atoms with E-state index in [1.807, 2.05) is 0 Å². The Morgan fingerprint density at radius 2 is 1.95 bits per heavy atom. The number of carbonyl (C=O) groups is 1. The summed E-state index contributed by atoms with van der Waals surface area (Å²) in [6.07, 6.45) is 1.46. The third-order valence-electron chi connectivity index (χ3n) is 3.33. The zero-order valence-corrected chi connectivity index (χ0v) is 11.8. The summed E-state index contributed by atoms with van der Waals surface area (Å²) in [7, 11) is -3.91. The van der Waals surface area contributed by atoms with Gasteiger partial charge in [-0.25, -0.2) is 12.8 Å². The summed E-state index contributed by atoms with van der Waals surface area (Å²) in [5.41, 5.74) is 0.638. The molecule has 1 aromatic rings. The van der Waals surface area contributed by atoms with Crippen LogP contribution in [0.5, 0.6) is 0 Å². The number of sulfonamides is 1. The molecule has 0 aliphatic heterocycles. The average Bonchev–Trinajstić information content (AvgIpc) is 3.21. The van der Waals surface area contributed by atoms with Gasteiger partial charge in [0.15, 0.2) is 5.25 Å². The molecule has 1 aromatic carbocycles. The molecule has 0 amide bonds. The van der Waals surface area contributed by atoms with Gasteiger partial charge < -0.3 is 5.11 Å². The third kappa shape index (κ3) is 3.16. The molecule has 5 nitrogen and oxygen atoms in total. The van der Waals surface area contributed by atoms with Gasteiger partial charge in [0.2, 0.25) is 10.0 Å². The lowest BCUT2D eigenvalue weighted by molar-refractivity contribution is -0.136. The smallest absolute Gasteiger partial charge is 0.323 e. The van der Waals surface area contributed by atoms with Crippen LogP contribution in [0.3, 0.4) is 0 Å². The number of benzene rings is 1. The molecule has 2 rings (SSSR count). The van der Waals surface area contributed by atoms with E-state index in [1.165, 1.54) is 28.6 Å². The van der Waals surface area contributed by atoms with Gasteiger partial charge >= 0.3 is 5.97 Å². The van der Waals surface area contributed by atoms with Crippen molar-refractivity contribution in [1.82, 2.24) is 4.31 Å². The van der Waals surface area contributed by atoms with E-state index in [-0.39, 0.29) is 12.6 Å². The maximum atomic E-state index is 12.9.